The van der Waals surface area contributed by atoms with E-state index in [1.807, 2.05) is 0 Å². The molecule has 120 valence electrons. The molecule has 0 unspecified atom stereocenters. The average molecular weight is 307 g/mol. The van der Waals surface area contributed by atoms with Crippen molar-refractivity contribution in [2.45, 2.75) is 32.7 Å². The SMILES string of the molecule is CCOC(=O)C1CCN(C(=O)c2cc3n(n2)CCCO3)CC1. The molecule has 2 aliphatic heterocycles. The number of fused-ring (bicyclic) bond motifs is 1. The number of carbonyl (C=O) groups is 2. The van der Waals surface area contributed by atoms with Crippen LogP contribution < -0.4 is 4.74 Å². The third-order valence-electron chi connectivity index (χ3n) is 4.13. The van der Waals surface area contributed by atoms with Crippen LogP contribution in [0, 0.1) is 5.92 Å². The number of likely N-dealkylation sites (tertiary alicyclic amines) is 1. The Hall–Kier alpha value is -2.05. The van der Waals surface area contributed by atoms with Crippen molar-refractivity contribution in [1.82, 2.24) is 14.7 Å². The van der Waals surface area contributed by atoms with Gasteiger partial charge in [0.05, 0.1) is 19.1 Å². The Bertz CT molecular complexity index is 538. The molecule has 7 nitrogen and oxygen atoms in total. The molecule has 0 spiro atoms. The molecule has 0 bridgehead atoms. The molecule has 0 atom stereocenters. The second-order valence-electron chi connectivity index (χ2n) is 5.61. The van der Waals surface area contributed by atoms with Crippen LogP contribution in [0.15, 0.2) is 6.07 Å². The van der Waals surface area contributed by atoms with E-state index in [2.05, 4.69) is 5.10 Å². The number of rotatable bonds is 3. The van der Waals surface area contributed by atoms with E-state index in [0.29, 0.717) is 50.7 Å². The van der Waals surface area contributed by atoms with Crippen LogP contribution in [-0.4, -0.2) is 52.9 Å². The number of ether oxygens (including phenoxy) is 2. The predicted molar refractivity (Wildman–Crippen MR) is 77.6 cm³/mol. The van der Waals surface area contributed by atoms with E-state index in [-0.39, 0.29) is 17.8 Å². The molecule has 3 heterocycles. The summed E-state index contributed by atoms with van der Waals surface area (Å²) in [5.41, 5.74) is 0.423. The molecule has 1 saturated heterocycles. The molecule has 0 radical (unpaired) electrons. The number of esters is 1. The highest BCUT2D eigenvalue weighted by Gasteiger charge is 2.30. The molecular formula is C15H21N3O4. The summed E-state index contributed by atoms with van der Waals surface area (Å²) in [5.74, 6) is 0.326. The lowest BCUT2D eigenvalue weighted by Crippen LogP contribution is -2.40. The van der Waals surface area contributed by atoms with Crippen molar-refractivity contribution in [2.24, 2.45) is 5.92 Å². The summed E-state index contributed by atoms with van der Waals surface area (Å²) < 4.78 is 12.3. The van der Waals surface area contributed by atoms with Gasteiger partial charge in [0.15, 0.2) is 5.69 Å². The number of aryl methyl sites for hydroxylation is 1. The van der Waals surface area contributed by atoms with E-state index in [0.717, 1.165) is 13.0 Å². The average Bonchev–Trinajstić information content (AvgIpc) is 2.98. The highest BCUT2D eigenvalue weighted by molar-refractivity contribution is 5.92. The minimum atomic E-state index is -0.152. The van der Waals surface area contributed by atoms with Crippen LogP contribution in [0.2, 0.25) is 0 Å². The minimum Gasteiger partial charge on any atom is -0.478 e. The number of carbonyl (C=O) groups excluding carboxylic acids is 2. The summed E-state index contributed by atoms with van der Waals surface area (Å²) in [5, 5.41) is 4.32. The van der Waals surface area contributed by atoms with Crippen molar-refractivity contribution in [1.29, 1.82) is 0 Å². The lowest BCUT2D eigenvalue weighted by molar-refractivity contribution is -0.149. The van der Waals surface area contributed by atoms with Crippen molar-refractivity contribution in [2.75, 3.05) is 26.3 Å². The molecule has 1 aromatic heterocycles. The lowest BCUT2D eigenvalue weighted by Gasteiger charge is -2.30. The molecule has 1 fully saturated rings. The van der Waals surface area contributed by atoms with E-state index in [1.165, 1.54) is 0 Å². The molecule has 1 amide bonds. The zero-order chi connectivity index (χ0) is 15.5. The first-order valence-electron chi connectivity index (χ1n) is 7.85. The Kier molecular flexibility index (Phi) is 4.31. The zero-order valence-electron chi connectivity index (χ0n) is 12.8. The molecular weight excluding hydrogens is 286 g/mol. The highest BCUT2D eigenvalue weighted by Crippen LogP contribution is 2.23. The first-order valence-corrected chi connectivity index (χ1v) is 7.85. The van der Waals surface area contributed by atoms with Crippen molar-refractivity contribution in [3.8, 4) is 5.88 Å². The molecule has 3 rings (SSSR count). The fourth-order valence-electron chi connectivity index (χ4n) is 2.91. The van der Waals surface area contributed by atoms with Crippen LogP contribution in [0.5, 0.6) is 5.88 Å². The second-order valence-corrected chi connectivity index (χ2v) is 5.61. The molecule has 7 heteroatoms. The number of aromatic nitrogens is 2. The third kappa shape index (κ3) is 2.93. The first-order chi connectivity index (χ1) is 10.7. The molecule has 1 aromatic rings. The molecule has 22 heavy (non-hydrogen) atoms. The normalized spacial score (nSPS) is 18.5. The predicted octanol–water partition coefficient (Wildman–Crippen LogP) is 1.08. The van der Waals surface area contributed by atoms with Gasteiger partial charge in [-0.05, 0) is 19.8 Å². The first kappa shape index (κ1) is 14.9. The summed E-state index contributed by atoms with van der Waals surface area (Å²) in [6, 6.07) is 1.71. The summed E-state index contributed by atoms with van der Waals surface area (Å²) >= 11 is 0. The van der Waals surface area contributed by atoms with Crippen LogP contribution in [0.1, 0.15) is 36.7 Å². The summed E-state index contributed by atoms with van der Waals surface area (Å²) in [4.78, 5) is 26.0. The number of piperidine rings is 1. The number of amides is 1. The van der Waals surface area contributed by atoms with Crippen LogP contribution >= 0.6 is 0 Å². The second kappa shape index (κ2) is 6.37. The fourth-order valence-corrected chi connectivity index (χ4v) is 2.91. The molecule has 0 aliphatic carbocycles. The fraction of sp³-hybridized carbons (Fsp3) is 0.667. The Morgan fingerprint density at radius 2 is 2.14 bits per heavy atom. The molecule has 0 saturated carbocycles. The minimum absolute atomic E-state index is 0.0900. The maximum atomic E-state index is 12.5. The van der Waals surface area contributed by atoms with Crippen LogP contribution in [0.4, 0.5) is 0 Å². The van der Waals surface area contributed by atoms with E-state index in [1.54, 1.807) is 22.6 Å². The van der Waals surface area contributed by atoms with Gasteiger partial charge in [-0.3, -0.25) is 9.59 Å². The van der Waals surface area contributed by atoms with Crippen molar-refractivity contribution in [3.63, 3.8) is 0 Å². The largest absolute Gasteiger partial charge is 0.478 e. The van der Waals surface area contributed by atoms with Gasteiger partial charge in [0.25, 0.3) is 5.91 Å². The van der Waals surface area contributed by atoms with Gasteiger partial charge < -0.3 is 14.4 Å². The maximum absolute atomic E-state index is 12.5. The summed E-state index contributed by atoms with van der Waals surface area (Å²) in [6.07, 6.45) is 2.20. The summed E-state index contributed by atoms with van der Waals surface area (Å²) in [6.45, 7) is 4.78. The van der Waals surface area contributed by atoms with Gasteiger partial charge in [0.2, 0.25) is 5.88 Å². The molecule has 0 aromatic carbocycles. The number of hydrogen-bond donors (Lipinski definition) is 0. The van der Waals surface area contributed by atoms with E-state index in [9.17, 15) is 9.59 Å². The lowest BCUT2D eigenvalue weighted by atomic mass is 9.97. The van der Waals surface area contributed by atoms with Gasteiger partial charge in [-0.1, -0.05) is 0 Å². The standard InChI is InChI=1S/C15H21N3O4/c1-2-21-15(20)11-4-7-17(8-5-11)14(19)12-10-13-18(16-12)6-3-9-22-13/h10-11H,2-9H2,1H3. The van der Waals surface area contributed by atoms with Crippen molar-refractivity contribution < 1.29 is 19.1 Å². The van der Waals surface area contributed by atoms with Crippen LogP contribution in [-0.2, 0) is 16.1 Å². The van der Waals surface area contributed by atoms with Gasteiger partial charge in [-0.15, -0.1) is 0 Å². The Balaban J connectivity index is 1.60. The van der Waals surface area contributed by atoms with Crippen molar-refractivity contribution >= 4 is 11.9 Å². The van der Waals surface area contributed by atoms with Gasteiger partial charge >= 0.3 is 5.97 Å². The van der Waals surface area contributed by atoms with E-state index in [4.69, 9.17) is 9.47 Å². The number of nitrogens with zero attached hydrogens (tertiary/aromatic N) is 3. The Labute approximate surface area is 129 Å². The molecule has 2 aliphatic rings. The highest BCUT2D eigenvalue weighted by atomic mass is 16.5. The number of hydrogen-bond acceptors (Lipinski definition) is 5. The smallest absolute Gasteiger partial charge is 0.309 e. The van der Waals surface area contributed by atoms with Gasteiger partial charge in [0, 0.05) is 32.1 Å². The van der Waals surface area contributed by atoms with Crippen LogP contribution in [0.3, 0.4) is 0 Å². The monoisotopic (exact) mass is 307 g/mol. The van der Waals surface area contributed by atoms with Gasteiger partial charge in [-0.2, -0.15) is 5.10 Å². The Morgan fingerprint density at radius 1 is 1.36 bits per heavy atom. The van der Waals surface area contributed by atoms with Crippen molar-refractivity contribution in [3.05, 3.63) is 11.8 Å². The maximum Gasteiger partial charge on any atom is 0.309 e. The van der Waals surface area contributed by atoms with Gasteiger partial charge in [0.1, 0.15) is 0 Å². The Morgan fingerprint density at radius 3 is 2.82 bits per heavy atom. The summed E-state index contributed by atoms with van der Waals surface area (Å²) in [7, 11) is 0. The van der Waals surface area contributed by atoms with E-state index < -0.39 is 0 Å². The topological polar surface area (TPSA) is 73.7 Å². The quantitative estimate of drug-likeness (QED) is 0.781. The van der Waals surface area contributed by atoms with Crippen LogP contribution in [0.25, 0.3) is 0 Å². The van der Waals surface area contributed by atoms with Gasteiger partial charge in [-0.25, -0.2) is 4.68 Å². The van der Waals surface area contributed by atoms with E-state index >= 15 is 0 Å². The molecule has 0 N–H and O–H groups in total. The third-order valence-corrected chi connectivity index (χ3v) is 4.13. The zero-order valence-corrected chi connectivity index (χ0v) is 12.8.